The van der Waals surface area contributed by atoms with Gasteiger partial charge < -0.3 is 21.3 Å². The van der Waals surface area contributed by atoms with Gasteiger partial charge in [0, 0.05) is 59.7 Å². The second kappa shape index (κ2) is 15.9. The fourth-order valence-electron chi connectivity index (χ4n) is 4.09. The minimum atomic E-state index is -0.313. The quantitative estimate of drug-likeness (QED) is 0.175. The molecule has 0 bridgehead atoms. The first-order valence-electron chi connectivity index (χ1n) is 13.9. The number of anilines is 2. The zero-order chi connectivity index (χ0) is 32.5. The number of aromatic nitrogens is 8. The fraction of sp³-hybridized carbons (Fsp3) is 0.133. The van der Waals surface area contributed by atoms with E-state index in [2.05, 4.69) is 51.6 Å². The minimum Gasteiger partial charge on any atom is -0.347 e. The molecule has 6 aromatic heterocycles. The predicted molar refractivity (Wildman–Crippen MR) is 167 cm³/mol. The standard InChI is InChI=1S/2C15H14N6O2.Pt/c2*1-10(22)17-8-14(23)18-11-5-6-13-19-20-15(21(13)9-11)12-4-2-3-7-16-12;/h2*2-7,9H,8H2,1H3,(H,17,22)(H,18,23);. The van der Waals surface area contributed by atoms with Gasteiger partial charge in [-0.05, 0) is 48.5 Å². The molecular formula is C30H28N12O4Pt. The summed E-state index contributed by atoms with van der Waals surface area (Å²) < 4.78 is 3.49. The van der Waals surface area contributed by atoms with Gasteiger partial charge >= 0.3 is 0 Å². The third kappa shape index (κ3) is 9.08. The summed E-state index contributed by atoms with van der Waals surface area (Å²) in [4.78, 5) is 53.7. The van der Waals surface area contributed by atoms with E-state index in [1.165, 1.54) is 13.8 Å². The Bertz CT molecular complexity index is 1870. The predicted octanol–water partition coefficient (Wildman–Crippen LogP) is 1.73. The first-order valence-corrected chi connectivity index (χ1v) is 13.9. The van der Waals surface area contributed by atoms with Gasteiger partial charge in [0.05, 0.1) is 24.5 Å². The van der Waals surface area contributed by atoms with Crippen LogP contribution in [0.3, 0.4) is 0 Å². The van der Waals surface area contributed by atoms with Crippen molar-refractivity contribution in [2.24, 2.45) is 0 Å². The second-order valence-corrected chi connectivity index (χ2v) is 9.68. The van der Waals surface area contributed by atoms with Gasteiger partial charge in [0.2, 0.25) is 23.6 Å². The molecule has 0 unspecified atom stereocenters. The van der Waals surface area contributed by atoms with Crippen LogP contribution in [0.4, 0.5) is 11.4 Å². The van der Waals surface area contributed by atoms with E-state index in [9.17, 15) is 19.2 Å². The summed E-state index contributed by atoms with van der Waals surface area (Å²) in [6.45, 7) is 2.55. The monoisotopic (exact) mass is 815 g/mol. The number of hydrogen-bond acceptors (Lipinski definition) is 10. The van der Waals surface area contributed by atoms with Crippen LogP contribution in [0.1, 0.15) is 13.8 Å². The fourth-order valence-corrected chi connectivity index (χ4v) is 4.09. The molecule has 0 aliphatic carbocycles. The van der Waals surface area contributed by atoms with Crippen molar-refractivity contribution in [3.05, 3.63) is 85.5 Å². The molecule has 6 heterocycles. The molecule has 4 amide bonds. The van der Waals surface area contributed by atoms with Gasteiger partial charge in [0.15, 0.2) is 22.9 Å². The molecule has 16 nitrogen and oxygen atoms in total. The number of amides is 4. The molecule has 0 atom stereocenters. The van der Waals surface area contributed by atoms with Crippen LogP contribution < -0.4 is 21.3 Å². The average molecular weight is 816 g/mol. The molecule has 0 aliphatic rings. The smallest absolute Gasteiger partial charge is 0.243 e. The number of pyridine rings is 4. The van der Waals surface area contributed by atoms with Crippen LogP contribution in [0.2, 0.25) is 0 Å². The normalized spacial score (nSPS) is 10.3. The molecule has 0 saturated carbocycles. The summed E-state index contributed by atoms with van der Waals surface area (Å²) in [7, 11) is 0. The van der Waals surface area contributed by atoms with E-state index < -0.39 is 0 Å². The maximum absolute atomic E-state index is 11.8. The molecule has 0 aliphatic heterocycles. The van der Waals surface area contributed by atoms with Crippen LogP contribution in [-0.4, -0.2) is 75.9 Å². The largest absolute Gasteiger partial charge is 0.347 e. The maximum atomic E-state index is 11.8. The molecule has 4 N–H and O–H groups in total. The average Bonchev–Trinajstić information content (AvgIpc) is 3.68. The van der Waals surface area contributed by atoms with E-state index in [4.69, 9.17) is 0 Å². The van der Waals surface area contributed by atoms with Crippen molar-refractivity contribution in [1.29, 1.82) is 0 Å². The summed E-state index contributed by atoms with van der Waals surface area (Å²) in [6, 6.07) is 18.0. The number of nitrogens with one attached hydrogen (secondary N) is 4. The molecule has 0 saturated heterocycles. The summed E-state index contributed by atoms with van der Waals surface area (Å²) in [5.41, 5.74) is 3.80. The Morgan fingerprint density at radius 2 is 1.02 bits per heavy atom. The maximum Gasteiger partial charge on any atom is 0.243 e. The third-order valence-corrected chi connectivity index (χ3v) is 6.16. The zero-order valence-electron chi connectivity index (χ0n) is 25.0. The first-order chi connectivity index (χ1) is 22.3. The summed E-state index contributed by atoms with van der Waals surface area (Å²) in [5.74, 6) is 0.0230. The first kappa shape index (κ1) is 34.0. The Labute approximate surface area is 281 Å². The van der Waals surface area contributed by atoms with Crippen LogP contribution in [0.25, 0.3) is 34.3 Å². The van der Waals surface area contributed by atoms with Crippen molar-refractivity contribution in [2.45, 2.75) is 13.8 Å². The topological polar surface area (TPSA) is 203 Å². The molecule has 242 valence electrons. The molecule has 6 aromatic rings. The summed E-state index contributed by atoms with van der Waals surface area (Å²) >= 11 is 0. The number of carbonyl (C=O) groups is 4. The van der Waals surface area contributed by atoms with Crippen LogP contribution in [0, 0.1) is 0 Å². The number of fused-ring (bicyclic) bond motifs is 2. The van der Waals surface area contributed by atoms with E-state index in [0.29, 0.717) is 45.7 Å². The van der Waals surface area contributed by atoms with Gasteiger partial charge in [0.25, 0.3) is 0 Å². The Balaban J connectivity index is 0.000000208. The summed E-state index contributed by atoms with van der Waals surface area (Å²) in [5, 5.41) is 26.7. The van der Waals surface area contributed by atoms with Crippen molar-refractivity contribution in [3.63, 3.8) is 0 Å². The second-order valence-electron chi connectivity index (χ2n) is 9.68. The molecule has 0 fully saturated rings. The van der Waals surface area contributed by atoms with Crippen LogP contribution in [0.15, 0.2) is 85.5 Å². The summed E-state index contributed by atoms with van der Waals surface area (Å²) in [6.07, 6.45) is 6.78. The van der Waals surface area contributed by atoms with Crippen molar-refractivity contribution in [1.82, 2.24) is 49.8 Å². The molecule has 47 heavy (non-hydrogen) atoms. The molecular weight excluding hydrogens is 787 g/mol. The van der Waals surface area contributed by atoms with Crippen molar-refractivity contribution < 1.29 is 40.2 Å². The SMILES string of the molecule is CC(=O)NCC(=O)Nc1ccc2nnc(-c3ccccn3)n2c1.CC(=O)NCC(=O)Nc1ccc2nnc(-c3ccccn3)n2c1.[Pt]. The molecule has 17 heteroatoms. The van der Waals surface area contributed by atoms with Gasteiger partial charge in [-0.2, -0.15) is 0 Å². The van der Waals surface area contributed by atoms with E-state index in [0.717, 1.165) is 0 Å². The number of rotatable bonds is 8. The molecule has 0 aromatic carbocycles. The Kier molecular flexibility index (Phi) is 11.5. The van der Waals surface area contributed by atoms with Gasteiger partial charge in [-0.15, -0.1) is 20.4 Å². The number of carbonyl (C=O) groups excluding carboxylic acids is 4. The number of hydrogen-bond donors (Lipinski definition) is 4. The van der Waals surface area contributed by atoms with Crippen molar-refractivity contribution in [2.75, 3.05) is 23.7 Å². The van der Waals surface area contributed by atoms with E-state index in [1.807, 2.05) is 36.4 Å². The molecule has 0 radical (unpaired) electrons. The van der Waals surface area contributed by atoms with E-state index >= 15 is 0 Å². The molecule has 0 spiro atoms. The Morgan fingerprint density at radius 1 is 0.596 bits per heavy atom. The van der Waals surface area contributed by atoms with Crippen molar-refractivity contribution in [3.8, 4) is 23.0 Å². The van der Waals surface area contributed by atoms with Crippen molar-refractivity contribution >= 4 is 46.3 Å². The van der Waals surface area contributed by atoms with Gasteiger partial charge in [-0.1, -0.05) is 12.1 Å². The third-order valence-electron chi connectivity index (χ3n) is 6.16. The van der Waals surface area contributed by atoms with Gasteiger partial charge in [-0.25, -0.2) is 0 Å². The molecule has 6 rings (SSSR count). The van der Waals surface area contributed by atoms with Gasteiger partial charge in [-0.3, -0.25) is 37.9 Å². The van der Waals surface area contributed by atoms with Gasteiger partial charge in [0.1, 0.15) is 11.4 Å². The zero-order valence-corrected chi connectivity index (χ0v) is 27.3. The Morgan fingerprint density at radius 3 is 1.38 bits per heavy atom. The van der Waals surface area contributed by atoms with Crippen LogP contribution >= 0.6 is 0 Å². The minimum absolute atomic E-state index is 0. The Hall–Kier alpha value is -5.89. The van der Waals surface area contributed by atoms with Crippen LogP contribution in [0.5, 0.6) is 0 Å². The van der Waals surface area contributed by atoms with E-state index in [1.54, 1.807) is 57.9 Å². The van der Waals surface area contributed by atoms with E-state index in [-0.39, 0.29) is 57.8 Å². The number of nitrogens with zero attached hydrogens (tertiary/aromatic N) is 8. The van der Waals surface area contributed by atoms with Crippen LogP contribution in [-0.2, 0) is 40.2 Å².